The van der Waals surface area contributed by atoms with Crippen molar-refractivity contribution in [3.8, 4) is 0 Å². The predicted octanol–water partition coefficient (Wildman–Crippen LogP) is 4.07. The van der Waals surface area contributed by atoms with Crippen molar-refractivity contribution in [2.24, 2.45) is 11.3 Å². The highest BCUT2D eigenvalue weighted by Gasteiger charge is 2.45. The van der Waals surface area contributed by atoms with E-state index in [0.717, 1.165) is 12.1 Å². The first-order valence-corrected chi connectivity index (χ1v) is 7.42. The minimum Gasteiger partial charge on any atom is -0.394 e. The average molecular weight is 261 g/mol. The molecule has 1 aliphatic carbocycles. The minimum absolute atomic E-state index is 0.169. The molecule has 1 fully saturated rings. The first-order chi connectivity index (χ1) is 8.98. The topological polar surface area (TPSA) is 32.3 Å². The maximum atomic E-state index is 10.1. The molecule has 1 aromatic carbocycles. The highest BCUT2D eigenvalue weighted by molar-refractivity contribution is 5.46. The lowest BCUT2D eigenvalue weighted by Crippen LogP contribution is -2.55. The van der Waals surface area contributed by atoms with Gasteiger partial charge in [-0.05, 0) is 36.3 Å². The second-order valence-electron chi connectivity index (χ2n) is 6.97. The molecule has 2 unspecified atom stereocenters. The average Bonchev–Trinajstić information content (AvgIpc) is 2.39. The molecule has 0 bridgehead atoms. The third-order valence-electron chi connectivity index (χ3n) is 4.53. The van der Waals surface area contributed by atoms with Gasteiger partial charge >= 0.3 is 0 Å². The Morgan fingerprint density at radius 2 is 1.89 bits per heavy atom. The van der Waals surface area contributed by atoms with Crippen LogP contribution in [0, 0.1) is 11.3 Å². The number of aliphatic hydroxyl groups excluding tert-OH is 1. The van der Waals surface area contributed by atoms with Crippen LogP contribution in [0.3, 0.4) is 0 Å². The van der Waals surface area contributed by atoms with Crippen molar-refractivity contribution in [2.75, 3.05) is 11.9 Å². The van der Waals surface area contributed by atoms with Crippen molar-refractivity contribution >= 4 is 5.69 Å². The summed E-state index contributed by atoms with van der Waals surface area (Å²) >= 11 is 0. The van der Waals surface area contributed by atoms with Crippen molar-refractivity contribution in [2.45, 2.75) is 52.0 Å². The molecule has 2 N–H and O–H groups in total. The van der Waals surface area contributed by atoms with Gasteiger partial charge in [-0.2, -0.15) is 0 Å². The maximum Gasteiger partial charge on any atom is 0.0664 e. The van der Waals surface area contributed by atoms with E-state index in [1.807, 2.05) is 18.2 Å². The molecule has 2 heteroatoms. The van der Waals surface area contributed by atoms with Gasteiger partial charge in [0.2, 0.25) is 0 Å². The Hall–Kier alpha value is -1.02. The molecule has 106 valence electrons. The fraction of sp³-hybridized carbons (Fsp3) is 0.647. The molecular formula is C17H27NO. The van der Waals surface area contributed by atoms with E-state index >= 15 is 0 Å². The zero-order chi connectivity index (χ0) is 13.9. The molecule has 0 heterocycles. The maximum absolute atomic E-state index is 10.1. The van der Waals surface area contributed by atoms with Gasteiger partial charge in [0.05, 0.1) is 12.1 Å². The number of para-hydroxylation sites is 1. The van der Waals surface area contributed by atoms with Gasteiger partial charge in [0, 0.05) is 5.69 Å². The molecule has 0 amide bonds. The van der Waals surface area contributed by atoms with Crippen LogP contribution in [0.2, 0.25) is 0 Å². The van der Waals surface area contributed by atoms with Gasteiger partial charge < -0.3 is 10.4 Å². The van der Waals surface area contributed by atoms with Crippen molar-refractivity contribution in [3.05, 3.63) is 30.3 Å². The summed E-state index contributed by atoms with van der Waals surface area (Å²) in [6.07, 6.45) is 4.73. The number of benzene rings is 1. The lowest BCUT2D eigenvalue weighted by Gasteiger charge is -2.50. The molecule has 2 rings (SSSR count). The number of hydrogen-bond acceptors (Lipinski definition) is 2. The van der Waals surface area contributed by atoms with E-state index in [4.69, 9.17) is 0 Å². The lowest BCUT2D eigenvalue weighted by atomic mass is 9.62. The van der Waals surface area contributed by atoms with E-state index in [1.165, 1.54) is 19.3 Å². The van der Waals surface area contributed by atoms with E-state index in [-0.39, 0.29) is 17.6 Å². The second-order valence-corrected chi connectivity index (χ2v) is 6.97. The van der Waals surface area contributed by atoms with Gasteiger partial charge in [0.25, 0.3) is 0 Å². The van der Waals surface area contributed by atoms with Gasteiger partial charge in [0.1, 0.15) is 0 Å². The van der Waals surface area contributed by atoms with Crippen LogP contribution < -0.4 is 5.32 Å². The van der Waals surface area contributed by atoms with E-state index < -0.39 is 0 Å². The Labute approximate surface area is 117 Å². The summed E-state index contributed by atoms with van der Waals surface area (Å²) in [5, 5.41) is 13.7. The molecule has 2 nitrogen and oxygen atoms in total. The molecule has 1 aliphatic rings. The Balaban J connectivity index is 2.28. The fourth-order valence-corrected chi connectivity index (χ4v) is 3.69. The second kappa shape index (κ2) is 5.54. The van der Waals surface area contributed by atoms with Gasteiger partial charge in [-0.25, -0.2) is 0 Å². The Morgan fingerprint density at radius 3 is 2.47 bits per heavy atom. The summed E-state index contributed by atoms with van der Waals surface area (Å²) in [7, 11) is 0. The summed E-state index contributed by atoms with van der Waals surface area (Å²) in [6, 6.07) is 10.3. The summed E-state index contributed by atoms with van der Waals surface area (Å²) < 4.78 is 0. The SMILES string of the molecule is CC(C)(C)C1CCCCC1(CO)Nc1ccccc1. The van der Waals surface area contributed by atoms with Gasteiger partial charge in [-0.1, -0.05) is 51.8 Å². The van der Waals surface area contributed by atoms with Crippen LogP contribution in [-0.2, 0) is 0 Å². The quantitative estimate of drug-likeness (QED) is 0.859. The predicted molar refractivity (Wildman–Crippen MR) is 81.3 cm³/mol. The molecule has 0 saturated heterocycles. The van der Waals surface area contributed by atoms with Crippen LogP contribution in [-0.4, -0.2) is 17.3 Å². The first-order valence-electron chi connectivity index (χ1n) is 7.42. The van der Waals surface area contributed by atoms with Crippen LogP contribution in [0.25, 0.3) is 0 Å². The highest BCUT2D eigenvalue weighted by Crippen LogP contribution is 2.45. The summed E-state index contributed by atoms with van der Waals surface area (Å²) in [5.41, 5.74) is 1.16. The lowest BCUT2D eigenvalue weighted by molar-refractivity contribution is 0.0484. The highest BCUT2D eigenvalue weighted by atomic mass is 16.3. The summed E-state index contributed by atoms with van der Waals surface area (Å²) in [4.78, 5) is 0. The molecule has 0 spiro atoms. The molecule has 0 aliphatic heterocycles. The van der Waals surface area contributed by atoms with E-state index in [9.17, 15) is 5.11 Å². The Bertz CT molecular complexity index is 395. The number of hydrogen-bond donors (Lipinski definition) is 2. The van der Waals surface area contributed by atoms with Crippen LogP contribution in [0.15, 0.2) is 30.3 Å². The summed E-state index contributed by atoms with van der Waals surface area (Å²) in [6.45, 7) is 7.09. The smallest absolute Gasteiger partial charge is 0.0664 e. The summed E-state index contributed by atoms with van der Waals surface area (Å²) in [5.74, 6) is 0.499. The largest absolute Gasteiger partial charge is 0.394 e. The van der Waals surface area contributed by atoms with Gasteiger partial charge in [-0.15, -0.1) is 0 Å². The van der Waals surface area contributed by atoms with Crippen LogP contribution in [0.1, 0.15) is 46.5 Å². The molecular weight excluding hydrogens is 234 g/mol. The number of rotatable bonds is 3. The monoisotopic (exact) mass is 261 g/mol. The molecule has 1 saturated carbocycles. The molecule has 2 atom stereocenters. The van der Waals surface area contributed by atoms with Crippen molar-refractivity contribution in [1.82, 2.24) is 0 Å². The molecule has 19 heavy (non-hydrogen) atoms. The third kappa shape index (κ3) is 3.11. The fourth-order valence-electron chi connectivity index (χ4n) is 3.69. The van der Waals surface area contributed by atoms with Crippen molar-refractivity contribution in [3.63, 3.8) is 0 Å². The van der Waals surface area contributed by atoms with Crippen molar-refractivity contribution < 1.29 is 5.11 Å². The van der Waals surface area contributed by atoms with E-state index in [2.05, 4.69) is 38.2 Å². The van der Waals surface area contributed by atoms with Gasteiger partial charge in [-0.3, -0.25) is 0 Å². The molecule has 0 radical (unpaired) electrons. The third-order valence-corrected chi connectivity index (χ3v) is 4.53. The van der Waals surface area contributed by atoms with Crippen LogP contribution in [0.4, 0.5) is 5.69 Å². The standard InChI is InChI=1S/C17H27NO/c1-16(2,3)15-11-7-8-12-17(15,13-19)18-14-9-5-4-6-10-14/h4-6,9-10,15,18-19H,7-8,11-13H2,1-3H3. The number of aliphatic hydroxyl groups is 1. The Kier molecular flexibility index (Phi) is 4.19. The first kappa shape index (κ1) is 14.4. The number of nitrogens with one attached hydrogen (secondary N) is 1. The van der Waals surface area contributed by atoms with Crippen LogP contribution >= 0.6 is 0 Å². The normalized spacial score (nSPS) is 28.1. The molecule has 0 aromatic heterocycles. The zero-order valence-electron chi connectivity index (χ0n) is 12.4. The van der Waals surface area contributed by atoms with Crippen molar-refractivity contribution in [1.29, 1.82) is 0 Å². The minimum atomic E-state index is -0.169. The zero-order valence-corrected chi connectivity index (χ0v) is 12.4. The Morgan fingerprint density at radius 1 is 1.21 bits per heavy atom. The van der Waals surface area contributed by atoms with E-state index in [0.29, 0.717) is 5.92 Å². The van der Waals surface area contributed by atoms with E-state index in [1.54, 1.807) is 0 Å². The number of anilines is 1. The van der Waals surface area contributed by atoms with Crippen LogP contribution in [0.5, 0.6) is 0 Å². The van der Waals surface area contributed by atoms with Gasteiger partial charge in [0.15, 0.2) is 0 Å². The molecule has 1 aromatic rings.